The van der Waals surface area contributed by atoms with Gasteiger partial charge >= 0.3 is 0 Å². The van der Waals surface area contributed by atoms with E-state index < -0.39 is 0 Å². The van der Waals surface area contributed by atoms with Gasteiger partial charge in [-0.05, 0) is 39.5 Å². The molecule has 0 aromatic carbocycles. The van der Waals surface area contributed by atoms with E-state index in [1.54, 1.807) is 0 Å². The standard InChI is InChI=1S/C12H23NO.C3H8/c1-9-6-5-7-10(8-9)11(14)13-12(2,3)4;1-3-2/h9-10H,5-8H2,1-4H3,(H,13,14);3H2,1-2H3/t9-,10+;/m1./s1. The minimum Gasteiger partial charge on any atom is -0.351 e. The van der Waals surface area contributed by atoms with Crippen molar-refractivity contribution in [1.82, 2.24) is 5.32 Å². The average molecular weight is 241 g/mol. The molecule has 0 spiro atoms. The molecule has 0 aromatic heterocycles. The highest BCUT2D eigenvalue weighted by Gasteiger charge is 2.27. The highest BCUT2D eigenvalue weighted by molar-refractivity contribution is 5.79. The molecule has 0 aliphatic heterocycles. The molecule has 102 valence electrons. The number of hydrogen-bond donors (Lipinski definition) is 1. The number of amides is 1. The first-order valence-corrected chi connectivity index (χ1v) is 7.12. The molecule has 1 N–H and O–H groups in total. The molecule has 1 amide bonds. The Balaban J connectivity index is 0.000000770. The van der Waals surface area contributed by atoms with Gasteiger partial charge in [-0.25, -0.2) is 0 Å². The van der Waals surface area contributed by atoms with E-state index in [4.69, 9.17) is 0 Å². The van der Waals surface area contributed by atoms with Crippen LogP contribution in [0.25, 0.3) is 0 Å². The van der Waals surface area contributed by atoms with Gasteiger partial charge in [0.25, 0.3) is 0 Å². The molecule has 1 aliphatic carbocycles. The molecule has 0 bridgehead atoms. The van der Waals surface area contributed by atoms with E-state index in [9.17, 15) is 4.79 Å². The molecule has 0 radical (unpaired) electrons. The minimum absolute atomic E-state index is 0.0855. The summed E-state index contributed by atoms with van der Waals surface area (Å²) in [4.78, 5) is 11.8. The molecule has 1 rings (SSSR count). The van der Waals surface area contributed by atoms with Gasteiger partial charge < -0.3 is 5.32 Å². The molecular formula is C15H31NO. The Morgan fingerprint density at radius 2 is 1.76 bits per heavy atom. The van der Waals surface area contributed by atoms with E-state index >= 15 is 0 Å². The molecule has 2 atom stereocenters. The Labute approximate surface area is 108 Å². The van der Waals surface area contributed by atoms with Gasteiger partial charge in [-0.2, -0.15) is 0 Å². The molecule has 1 aliphatic rings. The van der Waals surface area contributed by atoms with Gasteiger partial charge in [0.15, 0.2) is 0 Å². The number of carbonyl (C=O) groups is 1. The SMILES string of the molecule is CCC.C[C@@H]1CCC[C@H](C(=O)NC(C)(C)C)C1. The maximum Gasteiger partial charge on any atom is 0.223 e. The normalized spacial score (nSPS) is 24.6. The first kappa shape index (κ1) is 16.5. The van der Waals surface area contributed by atoms with Crippen molar-refractivity contribution in [2.45, 2.75) is 79.2 Å². The van der Waals surface area contributed by atoms with Gasteiger partial charge in [-0.1, -0.05) is 40.0 Å². The first-order chi connectivity index (χ1) is 7.80. The second-order valence-corrected chi connectivity index (χ2v) is 6.42. The summed E-state index contributed by atoms with van der Waals surface area (Å²) >= 11 is 0. The molecule has 1 saturated carbocycles. The topological polar surface area (TPSA) is 29.1 Å². The highest BCUT2D eigenvalue weighted by atomic mass is 16.2. The summed E-state index contributed by atoms with van der Waals surface area (Å²) in [5.41, 5.74) is -0.0855. The van der Waals surface area contributed by atoms with E-state index in [1.165, 1.54) is 19.3 Å². The molecule has 0 unspecified atom stereocenters. The van der Waals surface area contributed by atoms with Crippen molar-refractivity contribution in [3.63, 3.8) is 0 Å². The van der Waals surface area contributed by atoms with E-state index in [0.29, 0.717) is 0 Å². The van der Waals surface area contributed by atoms with Crippen LogP contribution in [0.2, 0.25) is 0 Å². The van der Waals surface area contributed by atoms with E-state index in [1.807, 2.05) is 20.8 Å². The van der Waals surface area contributed by atoms with Crippen LogP contribution >= 0.6 is 0 Å². The third-order valence-electron chi connectivity index (χ3n) is 2.81. The van der Waals surface area contributed by atoms with Crippen molar-refractivity contribution in [3.05, 3.63) is 0 Å². The summed E-state index contributed by atoms with van der Waals surface area (Å²) in [6.07, 6.45) is 5.90. The smallest absolute Gasteiger partial charge is 0.223 e. The van der Waals surface area contributed by atoms with Gasteiger partial charge in [-0.3, -0.25) is 4.79 Å². The average Bonchev–Trinajstić information content (AvgIpc) is 2.16. The summed E-state index contributed by atoms with van der Waals surface area (Å²) in [5, 5.41) is 3.07. The maximum atomic E-state index is 11.8. The lowest BCUT2D eigenvalue weighted by molar-refractivity contribution is -0.127. The fourth-order valence-electron chi connectivity index (χ4n) is 2.14. The summed E-state index contributed by atoms with van der Waals surface area (Å²) in [6.45, 7) is 12.6. The highest BCUT2D eigenvalue weighted by Crippen LogP contribution is 2.28. The predicted molar refractivity (Wildman–Crippen MR) is 75.0 cm³/mol. The van der Waals surface area contributed by atoms with Gasteiger partial charge in [0.1, 0.15) is 0 Å². The van der Waals surface area contributed by atoms with E-state index in [-0.39, 0.29) is 17.4 Å². The van der Waals surface area contributed by atoms with Crippen LogP contribution in [-0.2, 0) is 4.79 Å². The third kappa shape index (κ3) is 8.23. The Bertz CT molecular complexity index is 217. The Hall–Kier alpha value is -0.530. The van der Waals surface area contributed by atoms with E-state index in [0.717, 1.165) is 18.8 Å². The van der Waals surface area contributed by atoms with Crippen LogP contribution in [0.3, 0.4) is 0 Å². The van der Waals surface area contributed by atoms with E-state index in [2.05, 4.69) is 26.1 Å². The van der Waals surface area contributed by atoms with Crippen molar-refractivity contribution >= 4 is 5.91 Å². The van der Waals surface area contributed by atoms with Crippen molar-refractivity contribution < 1.29 is 4.79 Å². The minimum atomic E-state index is -0.0855. The van der Waals surface area contributed by atoms with Crippen molar-refractivity contribution in [2.75, 3.05) is 0 Å². The zero-order chi connectivity index (χ0) is 13.5. The van der Waals surface area contributed by atoms with Gasteiger partial charge in [-0.15, -0.1) is 0 Å². The number of hydrogen-bond acceptors (Lipinski definition) is 1. The Morgan fingerprint density at radius 1 is 1.24 bits per heavy atom. The number of nitrogens with one attached hydrogen (secondary N) is 1. The van der Waals surface area contributed by atoms with Gasteiger partial charge in [0.05, 0.1) is 0 Å². The lowest BCUT2D eigenvalue weighted by atomic mass is 9.81. The van der Waals surface area contributed by atoms with Crippen LogP contribution < -0.4 is 5.32 Å². The predicted octanol–water partition coefficient (Wildman–Crippen LogP) is 4.14. The van der Waals surface area contributed by atoms with Gasteiger partial charge in [0.2, 0.25) is 5.91 Å². The van der Waals surface area contributed by atoms with Crippen molar-refractivity contribution in [2.24, 2.45) is 11.8 Å². The zero-order valence-electron chi connectivity index (χ0n) is 12.6. The molecule has 0 heterocycles. The molecule has 17 heavy (non-hydrogen) atoms. The third-order valence-corrected chi connectivity index (χ3v) is 2.81. The van der Waals surface area contributed by atoms with Crippen LogP contribution in [0.15, 0.2) is 0 Å². The van der Waals surface area contributed by atoms with Crippen molar-refractivity contribution in [1.29, 1.82) is 0 Å². The first-order valence-electron chi connectivity index (χ1n) is 7.12. The Kier molecular flexibility index (Phi) is 7.49. The molecule has 0 saturated heterocycles. The number of rotatable bonds is 1. The van der Waals surface area contributed by atoms with Crippen LogP contribution in [0.4, 0.5) is 0 Å². The second-order valence-electron chi connectivity index (χ2n) is 6.42. The second kappa shape index (κ2) is 7.73. The lowest BCUT2D eigenvalue weighted by Gasteiger charge is -2.29. The van der Waals surface area contributed by atoms with Crippen LogP contribution in [-0.4, -0.2) is 11.4 Å². The monoisotopic (exact) mass is 241 g/mol. The Morgan fingerprint density at radius 3 is 2.18 bits per heavy atom. The van der Waals surface area contributed by atoms with Crippen LogP contribution in [0.5, 0.6) is 0 Å². The zero-order valence-corrected chi connectivity index (χ0v) is 12.6. The molecule has 2 heteroatoms. The molecule has 2 nitrogen and oxygen atoms in total. The van der Waals surface area contributed by atoms with Crippen LogP contribution in [0, 0.1) is 11.8 Å². The fourth-order valence-corrected chi connectivity index (χ4v) is 2.14. The summed E-state index contributed by atoms with van der Waals surface area (Å²) in [7, 11) is 0. The molecule has 0 aromatic rings. The number of carbonyl (C=O) groups excluding carboxylic acids is 1. The fraction of sp³-hybridized carbons (Fsp3) is 0.933. The molecule has 1 fully saturated rings. The molecular weight excluding hydrogens is 210 g/mol. The summed E-state index contributed by atoms with van der Waals surface area (Å²) < 4.78 is 0. The maximum absolute atomic E-state index is 11.8. The lowest BCUT2D eigenvalue weighted by Crippen LogP contribution is -2.44. The largest absolute Gasteiger partial charge is 0.351 e. The van der Waals surface area contributed by atoms with Crippen LogP contribution in [0.1, 0.15) is 73.6 Å². The van der Waals surface area contributed by atoms with Gasteiger partial charge in [0, 0.05) is 11.5 Å². The summed E-state index contributed by atoms with van der Waals surface area (Å²) in [5.74, 6) is 1.24. The summed E-state index contributed by atoms with van der Waals surface area (Å²) in [6, 6.07) is 0. The van der Waals surface area contributed by atoms with Crippen molar-refractivity contribution in [3.8, 4) is 0 Å². The quantitative estimate of drug-likeness (QED) is 0.734.